The van der Waals surface area contributed by atoms with Crippen LogP contribution in [0.3, 0.4) is 0 Å². The van der Waals surface area contributed by atoms with E-state index < -0.39 is 34.1 Å². The molecule has 0 atom stereocenters. The molecule has 0 spiro atoms. The highest BCUT2D eigenvalue weighted by molar-refractivity contribution is 7.16. The van der Waals surface area contributed by atoms with Crippen molar-refractivity contribution in [1.29, 1.82) is 0 Å². The maximum absolute atomic E-state index is 13.7. The van der Waals surface area contributed by atoms with Crippen LogP contribution in [0, 0.1) is 13.8 Å². The van der Waals surface area contributed by atoms with Gasteiger partial charge in [0.05, 0.1) is 43.0 Å². The van der Waals surface area contributed by atoms with Gasteiger partial charge in [0.2, 0.25) is 11.8 Å². The monoisotopic (exact) mass is 1810 g/mol. The van der Waals surface area contributed by atoms with Crippen LogP contribution in [0.1, 0.15) is 137 Å². The number of amides is 3. The van der Waals surface area contributed by atoms with Crippen molar-refractivity contribution < 1.29 is 72.3 Å². The van der Waals surface area contributed by atoms with Gasteiger partial charge < -0.3 is 56.3 Å². The number of halogens is 2. The fraction of sp³-hybridized carbons (Fsp3) is 0.278. The number of unbranched alkanes of at least 4 members (excludes halogenated alkanes) is 2. The first-order valence-corrected chi connectivity index (χ1v) is 49.3. The molecule has 0 bridgehead atoms. The van der Waals surface area contributed by atoms with Gasteiger partial charge in [-0.25, -0.2) is 23.5 Å². The predicted octanol–water partition coefficient (Wildman–Crippen LogP) is 15.5. The third kappa shape index (κ3) is 19.6. The van der Waals surface area contributed by atoms with E-state index in [1.54, 1.807) is 84.0 Å². The number of methoxy groups -OCH3 is 2. The number of carboxylic acid groups (broad SMARTS) is 3. The lowest BCUT2D eigenvalue weighted by molar-refractivity contribution is -0.462. The number of carboxylic acids is 3. The quantitative estimate of drug-likeness (QED) is 0.0159. The number of fused-ring (bicyclic) bond motifs is 6. The summed E-state index contributed by atoms with van der Waals surface area (Å²) in [5.41, 5.74) is 21.7. The number of benzene rings is 6. The fourth-order valence-electron chi connectivity index (χ4n) is 16.3. The lowest BCUT2D eigenvalue weighted by Crippen LogP contribution is -2.49. The van der Waals surface area contributed by atoms with Gasteiger partial charge in [0.15, 0.2) is 11.4 Å². The summed E-state index contributed by atoms with van der Waals surface area (Å²) in [6, 6.07) is 40.4. The molecule has 2 aliphatic heterocycles. The van der Waals surface area contributed by atoms with Crippen molar-refractivity contribution in [2.24, 2.45) is 5.73 Å². The summed E-state index contributed by atoms with van der Waals surface area (Å²) in [6.45, 7) is 14.9. The van der Waals surface area contributed by atoms with Crippen LogP contribution in [0.5, 0.6) is 11.5 Å². The molecule has 23 nitrogen and oxygen atoms in total. The van der Waals surface area contributed by atoms with E-state index in [0.29, 0.717) is 98.9 Å². The van der Waals surface area contributed by atoms with E-state index in [2.05, 4.69) is 122 Å². The number of anilines is 2. The minimum absolute atomic E-state index is 0. The van der Waals surface area contributed by atoms with E-state index in [1.165, 1.54) is 26.8 Å². The molecule has 4 aromatic heterocycles. The van der Waals surface area contributed by atoms with Crippen LogP contribution >= 0.6 is 45.9 Å². The van der Waals surface area contributed by atoms with Crippen LogP contribution in [-0.4, -0.2) is 205 Å². The highest BCUT2D eigenvalue weighted by Gasteiger charge is 2.44. The highest BCUT2D eigenvalue weighted by Crippen LogP contribution is 2.47. The second kappa shape index (κ2) is 39.6. The number of ether oxygens (including phenoxy) is 2. The maximum atomic E-state index is 13.7. The first kappa shape index (κ1) is 94.6. The van der Waals surface area contributed by atoms with Crippen molar-refractivity contribution >= 4 is 176 Å². The molecule has 0 radical (unpaired) electrons. The van der Waals surface area contributed by atoms with E-state index in [4.69, 9.17) is 38.4 Å². The number of aromatic nitrogens is 2. The van der Waals surface area contributed by atoms with Crippen LogP contribution in [0.4, 0.5) is 11.4 Å². The zero-order valence-electron chi connectivity index (χ0n) is 73.0. The first-order chi connectivity index (χ1) is 59.4. The number of carbonyl (C=O) groups excluding carboxylic acids is 5. The Hall–Kier alpha value is -12.1. The van der Waals surface area contributed by atoms with Crippen molar-refractivity contribution in [2.75, 3.05) is 107 Å². The van der Waals surface area contributed by atoms with Crippen molar-refractivity contribution in [3.8, 4) is 11.5 Å². The van der Waals surface area contributed by atoms with Gasteiger partial charge in [0.1, 0.15) is 70.5 Å². The number of allylic oxidation sites excluding steroid dienone is 10. The number of rotatable bonds is 25. The summed E-state index contributed by atoms with van der Waals surface area (Å²) in [5, 5.41) is 46.4. The number of hydrogen-bond acceptors (Lipinski definition) is 15. The summed E-state index contributed by atoms with van der Waals surface area (Å²) in [7, 11) is 14.8. The lowest BCUT2D eigenvalue weighted by atomic mass is 9.89. The van der Waals surface area contributed by atoms with E-state index in [0.717, 1.165) is 125 Å². The molecule has 10 aromatic rings. The molecule has 6 heterocycles. The molecule has 29 heteroatoms. The molecular formula is C97H108Cl2N10O13S2Si2+2. The van der Waals surface area contributed by atoms with E-state index in [-0.39, 0.29) is 64.4 Å². The minimum Gasteiger partial charge on any atom is -0.497 e. The van der Waals surface area contributed by atoms with Crippen molar-refractivity contribution in [3.63, 3.8) is 0 Å². The van der Waals surface area contributed by atoms with Crippen LogP contribution in [0.15, 0.2) is 191 Å². The molecule has 0 fully saturated rings. The summed E-state index contributed by atoms with van der Waals surface area (Å²) >= 11 is 13.8. The van der Waals surface area contributed by atoms with Crippen molar-refractivity contribution in [3.05, 3.63) is 277 Å². The molecule has 6 aromatic carbocycles. The number of thiophene rings is 2. The molecule has 656 valence electrons. The molecule has 2 aliphatic carbocycles. The standard InChI is InChI=1S/C48H50ClN5O6SSi.C25H26N2O4SSi.C23H26ClN3O3.CH4/c1-28-36(37-25-33(60-6)17-20-39(37)54(28)47(57)29-11-13-30(49)14-12-29)27-43(55)50-21-9-10-22-51-46(56)40-26-38(45(61-40)48(58)59)44-34-18-15-31(52(2)3)23-41(34)62(7,8)42-24-32(53(4)5)16-19-35(42)44;1-26(2)14-7-9-16-20(11-14)33(5,6)21-12-15(27(3)4)8-10-17(21)22(16)18-13-19(24(28)29)32-23(18)25(30)31;1-15-19(14-22(28)26-12-4-3-11-25)20-13-18(30-2)9-10-21(20)27(15)23(29)16-5-7-17(24)8-6-16;/h11-20,23-26H,9-10,21-22,27H2,1-8H3,(H2-,50,51,55,56,58,59);7-13H,1-6H3,(H-,28,29,30,31);5-10,13H,3-4,11-12,14,25H2,1-2H3,(H,26,28);1H4/p+2. The van der Waals surface area contributed by atoms with Crippen molar-refractivity contribution in [2.45, 2.75) is 86.0 Å². The summed E-state index contributed by atoms with van der Waals surface area (Å²) in [5.74, 6) is -3.07. The van der Waals surface area contributed by atoms with Gasteiger partial charge in [-0.2, -0.15) is 0 Å². The Morgan fingerprint density at radius 2 is 0.865 bits per heavy atom. The fourth-order valence-corrected chi connectivity index (χ4v) is 24.5. The second-order valence-electron chi connectivity index (χ2n) is 32.8. The molecule has 0 saturated heterocycles. The lowest BCUT2D eigenvalue weighted by Gasteiger charge is -2.38. The smallest absolute Gasteiger partial charge is 0.346 e. The number of nitrogens with one attached hydrogen (secondary N) is 3. The highest BCUT2D eigenvalue weighted by atomic mass is 35.5. The largest absolute Gasteiger partial charge is 0.497 e. The number of aromatic carboxylic acids is 3. The topological polar surface area (TPSA) is 300 Å². The maximum Gasteiger partial charge on any atom is 0.346 e. The number of hydrogen-bond donors (Lipinski definition) is 7. The van der Waals surface area contributed by atoms with E-state index in [1.807, 2.05) is 113 Å². The normalized spacial score (nSPS) is 13.7. The molecule has 8 N–H and O–H groups in total. The average molecular weight is 1810 g/mol. The van der Waals surface area contributed by atoms with Gasteiger partial charge in [-0.3, -0.25) is 33.1 Å². The molecule has 4 aliphatic rings. The molecule has 14 rings (SSSR count). The van der Waals surface area contributed by atoms with Crippen LogP contribution < -0.4 is 51.3 Å². The van der Waals surface area contributed by atoms with E-state index in [9.17, 15) is 53.7 Å². The number of nitrogens with zero attached hydrogens (tertiary/aromatic N) is 6. The Balaban J connectivity index is 0.000000202. The van der Waals surface area contributed by atoms with Crippen LogP contribution in [-0.2, 0) is 22.4 Å². The van der Waals surface area contributed by atoms with E-state index >= 15 is 0 Å². The zero-order valence-corrected chi connectivity index (χ0v) is 78.1. The average Bonchev–Trinajstić information content (AvgIpc) is 1.07. The summed E-state index contributed by atoms with van der Waals surface area (Å²) in [6.07, 6.45) is 15.8. The zero-order chi connectivity index (χ0) is 90.5. The first-order valence-electron chi connectivity index (χ1n) is 40.9. The third-order valence-electron chi connectivity index (χ3n) is 23.2. The molecule has 0 unspecified atom stereocenters. The number of carbonyl (C=O) groups is 8. The summed E-state index contributed by atoms with van der Waals surface area (Å²) < 4.78 is 18.2. The minimum atomic E-state index is -2.26. The van der Waals surface area contributed by atoms with Crippen LogP contribution in [0.2, 0.25) is 36.2 Å². The van der Waals surface area contributed by atoms with Gasteiger partial charge in [-0.1, -0.05) is 68.9 Å². The van der Waals surface area contributed by atoms with Gasteiger partial charge in [0.25, 0.3) is 17.7 Å². The van der Waals surface area contributed by atoms with Gasteiger partial charge >= 0.3 is 17.9 Å². The van der Waals surface area contributed by atoms with Crippen LogP contribution in [0.25, 0.3) is 33.0 Å². The summed E-state index contributed by atoms with van der Waals surface area (Å²) in [4.78, 5) is 108. The Kier molecular flexibility index (Phi) is 29.7. The third-order valence-corrected chi connectivity index (χ3v) is 33.0. The van der Waals surface area contributed by atoms with Gasteiger partial charge in [0, 0.05) is 138 Å². The second-order valence-corrected chi connectivity index (χ2v) is 44.5. The Morgan fingerprint density at radius 3 is 1.23 bits per heavy atom. The Labute approximate surface area is 754 Å². The molecular weight excluding hydrogens is 1700 g/mol. The molecule has 0 saturated carbocycles. The number of nitrogens with two attached hydrogens (primary N) is 1. The van der Waals surface area contributed by atoms with Gasteiger partial charge in [-0.15, -0.1) is 22.7 Å². The van der Waals surface area contributed by atoms with Gasteiger partial charge in [-0.05, 0) is 245 Å². The molecule has 126 heavy (non-hydrogen) atoms. The molecule has 3 amide bonds. The van der Waals surface area contributed by atoms with Crippen molar-refractivity contribution in [1.82, 2.24) is 25.1 Å². The Morgan fingerprint density at radius 1 is 0.484 bits per heavy atom. The predicted molar refractivity (Wildman–Crippen MR) is 515 cm³/mol. The SMILES string of the molecule is C.CN(C)c1ccc2c(c1)[Si](C)(C)C1=CC(=[N+](C)C)C=CC1=C2c1cc(C(=O)O)sc1C(=O)O.COc1ccc2c(c1)c(CC(=O)NCCCCN)c(C)n2C(=O)c1ccc(Cl)cc1.COc1ccc2c(c1)c(CC(=O)NCCCCNC(=O)c1cc(C3=C4C=CC(=[N+](C)C)C=C4[Si](C)(C)c4cc(N(C)C)ccc43)c(C(=O)O)s1)c(C)n2C(=O)c1ccc(Cl)cc1. The Bertz CT molecular complexity index is 6320.